The number of unbranched alkanes of at least 4 members (excludes halogenated alkanes) is 1. The van der Waals surface area contributed by atoms with Crippen molar-refractivity contribution in [1.82, 2.24) is 15.4 Å². The van der Waals surface area contributed by atoms with Gasteiger partial charge >= 0.3 is 0 Å². The Morgan fingerprint density at radius 3 is 2.70 bits per heavy atom. The van der Waals surface area contributed by atoms with E-state index in [1.54, 1.807) is 18.7 Å². The number of hydrogen-bond donors (Lipinski definition) is 1. The number of piperidine rings is 1. The van der Waals surface area contributed by atoms with Crippen LogP contribution in [0, 0.1) is 13.8 Å². The first-order valence-corrected chi connectivity index (χ1v) is 8.45. The zero-order valence-electron chi connectivity index (χ0n) is 14.6. The Hall–Kier alpha value is -1.85. The van der Waals surface area contributed by atoms with Gasteiger partial charge in [0.1, 0.15) is 16.9 Å². The molecule has 2 heterocycles. The maximum absolute atomic E-state index is 13.0. The fourth-order valence-corrected chi connectivity index (χ4v) is 3.18. The minimum atomic E-state index is -0.806. The lowest BCUT2D eigenvalue weighted by Gasteiger charge is -2.43. The second kappa shape index (κ2) is 7.15. The molecule has 1 unspecified atom stereocenters. The number of rotatable bonds is 5. The molecule has 1 aliphatic rings. The Morgan fingerprint density at radius 1 is 1.35 bits per heavy atom. The zero-order valence-corrected chi connectivity index (χ0v) is 14.6. The molecule has 6 heteroatoms. The SMILES string of the molecule is CCCCNC(=O)C1(C)CCCCN1C(=O)c1c(C)noc1C. The summed E-state index contributed by atoms with van der Waals surface area (Å²) < 4.78 is 5.12. The van der Waals surface area contributed by atoms with E-state index in [9.17, 15) is 9.59 Å². The summed E-state index contributed by atoms with van der Waals surface area (Å²) in [6, 6.07) is 0. The van der Waals surface area contributed by atoms with Crippen molar-refractivity contribution in [3.8, 4) is 0 Å². The molecule has 2 rings (SSSR count). The number of likely N-dealkylation sites (tertiary alicyclic amines) is 1. The first-order chi connectivity index (χ1) is 10.9. The Labute approximate surface area is 137 Å². The van der Waals surface area contributed by atoms with Gasteiger partial charge in [0.15, 0.2) is 0 Å². The van der Waals surface area contributed by atoms with Gasteiger partial charge in [0.05, 0.1) is 5.69 Å². The van der Waals surface area contributed by atoms with Crippen LogP contribution < -0.4 is 5.32 Å². The third kappa shape index (κ3) is 3.41. The van der Waals surface area contributed by atoms with E-state index in [4.69, 9.17) is 4.52 Å². The largest absolute Gasteiger partial charge is 0.361 e. The van der Waals surface area contributed by atoms with E-state index < -0.39 is 5.54 Å². The van der Waals surface area contributed by atoms with Crippen LogP contribution in [0.15, 0.2) is 4.52 Å². The Balaban J connectivity index is 2.23. The van der Waals surface area contributed by atoms with Crippen LogP contribution in [-0.2, 0) is 4.79 Å². The summed E-state index contributed by atoms with van der Waals surface area (Å²) in [5, 5.41) is 6.84. The molecule has 0 saturated carbocycles. The molecule has 1 aliphatic heterocycles. The molecule has 23 heavy (non-hydrogen) atoms. The Bertz CT molecular complexity index is 562. The third-order valence-corrected chi connectivity index (χ3v) is 4.69. The smallest absolute Gasteiger partial charge is 0.260 e. The highest BCUT2D eigenvalue weighted by Crippen LogP contribution is 2.31. The highest BCUT2D eigenvalue weighted by Gasteiger charge is 2.44. The van der Waals surface area contributed by atoms with Crippen molar-refractivity contribution in [1.29, 1.82) is 0 Å². The van der Waals surface area contributed by atoms with Gasteiger partial charge in [-0.3, -0.25) is 9.59 Å². The molecule has 1 N–H and O–H groups in total. The highest BCUT2D eigenvalue weighted by atomic mass is 16.5. The van der Waals surface area contributed by atoms with Crippen molar-refractivity contribution in [2.45, 2.75) is 65.3 Å². The average molecular weight is 321 g/mol. The van der Waals surface area contributed by atoms with Gasteiger partial charge in [0.2, 0.25) is 5.91 Å². The monoisotopic (exact) mass is 321 g/mol. The number of nitrogens with zero attached hydrogens (tertiary/aromatic N) is 2. The van der Waals surface area contributed by atoms with Crippen LogP contribution in [0.25, 0.3) is 0 Å². The normalized spacial score (nSPS) is 21.3. The number of aryl methyl sites for hydroxylation is 2. The molecule has 0 aliphatic carbocycles. The predicted molar refractivity (Wildman–Crippen MR) is 87.2 cm³/mol. The molecule has 1 fully saturated rings. The molecule has 128 valence electrons. The summed E-state index contributed by atoms with van der Waals surface area (Å²) >= 11 is 0. The Morgan fingerprint density at radius 2 is 2.09 bits per heavy atom. The maximum Gasteiger partial charge on any atom is 0.260 e. The number of hydrogen-bond acceptors (Lipinski definition) is 4. The van der Waals surface area contributed by atoms with Crippen LogP contribution in [0.2, 0.25) is 0 Å². The second-order valence-corrected chi connectivity index (χ2v) is 6.50. The maximum atomic E-state index is 13.0. The summed E-state index contributed by atoms with van der Waals surface area (Å²) in [6.07, 6.45) is 4.51. The van der Waals surface area contributed by atoms with Crippen LogP contribution >= 0.6 is 0 Å². The zero-order chi connectivity index (χ0) is 17.0. The minimum absolute atomic E-state index is 0.0641. The van der Waals surface area contributed by atoms with E-state index in [0.717, 1.165) is 25.7 Å². The van der Waals surface area contributed by atoms with E-state index in [1.165, 1.54) is 0 Å². The summed E-state index contributed by atoms with van der Waals surface area (Å²) in [5.41, 5.74) is 0.255. The minimum Gasteiger partial charge on any atom is -0.361 e. The third-order valence-electron chi connectivity index (χ3n) is 4.69. The molecule has 0 bridgehead atoms. The number of nitrogens with one attached hydrogen (secondary N) is 1. The van der Waals surface area contributed by atoms with Gasteiger partial charge in [0, 0.05) is 13.1 Å². The first-order valence-electron chi connectivity index (χ1n) is 8.45. The van der Waals surface area contributed by atoms with Crippen LogP contribution in [0.5, 0.6) is 0 Å². The van der Waals surface area contributed by atoms with Crippen molar-refractivity contribution in [2.75, 3.05) is 13.1 Å². The van der Waals surface area contributed by atoms with Crippen molar-refractivity contribution >= 4 is 11.8 Å². The highest BCUT2D eigenvalue weighted by molar-refractivity contribution is 6.00. The molecule has 1 atom stereocenters. The molecule has 1 aromatic heterocycles. The Kier molecular flexibility index (Phi) is 5.44. The first kappa shape index (κ1) is 17.5. The van der Waals surface area contributed by atoms with Gasteiger partial charge in [-0.25, -0.2) is 0 Å². The van der Waals surface area contributed by atoms with Crippen LogP contribution in [0.4, 0.5) is 0 Å². The molecular formula is C17H27N3O3. The van der Waals surface area contributed by atoms with Crippen molar-refractivity contribution in [2.24, 2.45) is 0 Å². The summed E-state index contributed by atoms with van der Waals surface area (Å²) in [6.45, 7) is 8.67. The molecule has 0 radical (unpaired) electrons. The molecule has 6 nitrogen and oxygen atoms in total. The van der Waals surface area contributed by atoms with Gasteiger partial charge in [0.25, 0.3) is 5.91 Å². The lowest BCUT2D eigenvalue weighted by molar-refractivity contribution is -0.133. The number of amides is 2. The lowest BCUT2D eigenvalue weighted by atomic mass is 9.86. The van der Waals surface area contributed by atoms with E-state index in [0.29, 0.717) is 36.5 Å². The van der Waals surface area contributed by atoms with Crippen molar-refractivity contribution < 1.29 is 14.1 Å². The quantitative estimate of drug-likeness (QED) is 0.846. The predicted octanol–water partition coefficient (Wildman–Crippen LogP) is 2.59. The van der Waals surface area contributed by atoms with Crippen LogP contribution in [-0.4, -0.2) is 40.5 Å². The molecule has 1 aromatic rings. The van der Waals surface area contributed by atoms with Crippen molar-refractivity contribution in [3.63, 3.8) is 0 Å². The topological polar surface area (TPSA) is 75.4 Å². The molecule has 0 spiro atoms. The number of carbonyl (C=O) groups is 2. The van der Waals surface area contributed by atoms with E-state index >= 15 is 0 Å². The van der Waals surface area contributed by atoms with E-state index in [1.807, 2.05) is 6.92 Å². The van der Waals surface area contributed by atoms with E-state index in [2.05, 4.69) is 17.4 Å². The van der Waals surface area contributed by atoms with Gasteiger partial charge in [-0.1, -0.05) is 18.5 Å². The summed E-state index contributed by atoms with van der Waals surface area (Å²) in [5.74, 6) is 0.284. The lowest BCUT2D eigenvalue weighted by Crippen LogP contribution is -2.61. The standard InChI is InChI=1S/C17H27N3O3/c1-5-6-10-18-16(22)17(4)9-7-8-11-20(17)15(21)14-12(2)19-23-13(14)3/h5-11H2,1-4H3,(H,18,22). The molecular weight excluding hydrogens is 294 g/mol. The van der Waals surface area contributed by atoms with Gasteiger partial charge in [-0.05, 0) is 46.5 Å². The van der Waals surface area contributed by atoms with E-state index in [-0.39, 0.29) is 11.8 Å². The average Bonchev–Trinajstić information content (AvgIpc) is 2.86. The van der Waals surface area contributed by atoms with Gasteiger partial charge in [-0.2, -0.15) is 0 Å². The molecule has 0 aromatic carbocycles. The van der Waals surface area contributed by atoms with Gasteiger partial charge < -0.3 is 14.7 Å². The summed E-state index contributed by atoms with van der Waals surface area (Å²) in [7, 11) is 0. The molecule has 2 amide bonds. The fourth-order valence-electron chi connectivity index (χ4n) is 3.18. The number of carbonyl (C=O) groups excluding carboxylic acids is 2. The number of aromatic nitrogens is 1. The van der Waals surface area contributed by atoms with Crippen LogP contribution in [0.1, 0.15) is 67.8 Å². The molecule has 1 saturated heterocycles. The van der Waals surface area contributed by atoms with Crippen molar-refractivity contribution in [3.05, 3.63) is 17.0 Å². The second-order valence-electron chi connectivity index (χ2n) is 6.50. The summed E-state index contributed by atoms with van der Waals surface area (Å²) in [4.78, 5) is 27.4. The van der Waals surface area contributed by atoms with Gasteiger partial charge in [-0.15, -0.1) is 0 Å². The van der Waals surface area contributed by atoms with Crippen LogP contribution in [0.3, 0.4) is 0 Å². The fraction of sp³-hybridized carbons (Fsp3) is 0.706.